The van der Waals surface area contributed by atoms with Crippen molar-refractivity contribution in [2.45, 2.75) is 26.8 Å². The van der Waals surface area contributed by atoms with Crippen LogP contribution >= 0.6 is 33.9 Å². The Hall–Kier alpha value is -0.950. The minimum atomic E-state index is -0.0671. The molecule has 0 fully saturated rings. The predicted molar refractivity (Wildman–Crippen MR) is 86.6 cm³/mol. The first-order valence-corrected chi connectivity index (χ1v) is 7.93. The van der Waals surface area contributed by atoms with Crippen molar-refractivity contribution in [3.63, 3.8) is 0 Å². The normalized spacial score (nSPS) is 12.2. The number of carbonyl (C=O) groups excluding carboxylic acids is 1. The van der Waals surface area contributed by atoms with Crippen LogP contribution in [0.1, 0.15) is 39.6 Å². The van der Waals surface area contributed by atoms with Crippen molar-refractivity contribution in [2.75, 3.05) is 0 Å². The van der Waals surface area contributed by atoms with E-state index < -0.39 is 0 Å². The molecule has 0 aliphatic heterocycles. The van der Waals surface area contributed by atoms with E-state index in [2.05, 4.69) is 32.9 Å². The summed E-state index contributed by atoms with van der Waals surface area (Å²) in [7, 11) is 0. The molecular weight excluding hydrogens is 371 g/mol. The lowest BCUT2D eigenvalue weighted by Crippen LogP contribution is -2.27. The predicted octanol–water partition coefficient (Wildman–Crippen LogP) is 3.86. The zero-order valence-corrected chi connectivity index (χ0v) is 14.0. The Morgan fingerprint density at radius 3 is 2.79 bits per heavy atom. The molecule has 100 valence electrons. The van der Waals surface area contributed by atoms with Crippen LogP contribution in [0, 0.1) is 17.4 Å². The molecule has 0 saturated carbocycles. The third-order valence-corrected chi connectivity index (χ3v) is 5.37. The van der Waals surface area contributed by atoms with Crippen molar-refractivity contribution in [3.05, 3.63) is 49.0 Å². The molecule has 0 aliphatic rings. The summed E-state index contributed by atoms with van der Waals surface area (Å²) in [6.45, 7) is 5.92. The highest BCUT2D eigenvalue weighted by atomic mass is 127. The number of carbonyl (C=O) groups is 1. The molecule has 2 rings (SSSR count). The number of halogens is 1. The van der Waals surface area contributed by atoms with Gasteiger partial charge >= 0.3 is 0 Å². The van der Waals surface area contributed by atoms with Gasteiger partial charge in [-0.15, -0.1) is 11.3 Å². The van der Waals surface area contributed by atoms with Gasteiger partial charge in [-0.2, -0.15) is 0 Å². The zero-order valence-electron chi connectivity index (χ0n) is 11.0. The summed E-state index contributed by atoms with van der Waals surface area (Å²) in [6.07, 6.45) is 0. The van der Waals surface area contributed by atoms with E-state index >= 15 is 0 Å². The van der Waals surface area contributed by atoms with Gasteiger partial charge in [0.05, 0.1) is 11.6 Å². The molecule has 0 saturated heterocycles. The Morgan fingerprint density at radius 1 is 1.42 bits per heavy atom. The van der Waals surface area contributed by atoms with Crippen LogP contribution in [0.3, 0.4) is 0 Å². The molecule has 1 atom stereocenters. The standard InChI is InChI=1S/C14H15IN2OS/c1-8-5-4-6-11(12(8)15)13(18)17-10(3)14-16-9(2)7-19-14/h4-7,10H,1-3H3,(H,17,18). The number of amides is 1. The molecule has 5 heteroatoms. The third kappa shape index (κ3) is 3.33. The number of thiazole rings is 1. The van der Waals surface area contributed by atoms with Crippen molar-refractivity contribution in [3.8, 4) is 0 Å². The fourth-order valence-corrected chi connectivity index (χ4v) is 3.14. The molecule has 19 heavy (non-hydrogen) atoms. The number of nitrogens with one attached hydrogen (secondary N) is 1. The molecule has 1 aromatic heterocycles. The van der Waals surface area contributed by atoms with Gasteiger partial charge in [-0.3, -0.25) is 4.79 Å². The Bertz CT molecular complexity index is 609. The lowest BCUT2D eigenvalue weighted by atomic mass is 10.1. The monoisotopic (exact) mass is 386 g/mol. The second-order valence-corrected chi connectivity index (χ2v) is 6.43. The van der Waals surface area contributed by atoms with E-state index in [0.29, 0.717) is 0 Å². The molecule has 1 amide bonds. The topological polar surface area (TPSA) is 42.0 Å². The van der Waals surface area contributed by atoms with Gasteiger partial charge in [-0.25, -0.2) is 4.98 Å². The number of hydrogen-bond donors (Lipinski definition) is 1. The molecule has 1 aromatic carbocycles. The van der Waals surface area contributed by atoms with E-state index in [1.165, 1.54) is 0 Å². The van der Waals surface area contributed by atoms with Crippen LogP contribution in [0.5, 0.6) is 0 Å². The minimum absolute atomic E-state index is 0.0477. The summed E-state index contributed by atoms with van der Waals surface area (Å²) >= 11 is 3.79. The number of benzene rings is 1. The van der Waals surface area contributed by atoms with Crippen LogP contribution in [-0.2, 0) is 0 Å². The number of nitrogens with zero attached hydrogens (tertiary/aromatic N) is 1. The molecule has 3 nitrogen and oxygen atoms in total. The van der Waals surface area contributed by atoms with Crippen LogP contribution in [0.2, 0.25) is 0 Å². The molecule has 0 radical (unpaired) electrons. The highest BCUT2D eigenvalue weighted by Crippen LogP contribution is 2.20. The van der Waals surface area contributed by atoms with E-state index in [0.717, 1.165) is 25.4 Å². The summed E-state index contributed by atoms with van der Waals surface area (Å²) in [5.41, 5.74) is 2.83. The Kier molecular flexibility index (Phi) is 4.57. The van der Waals surface area contributed by atoms with Crippen molar-refractivity contribution in [2.24, 2.45) is 0 Å². The first-order chi connectivity index (χ1) is 8.99. The van der Waals surface area contributed by atoms with E-state index in [1.807, 2.05) is 44.4 Å². The summed E-state index contributed by atoms with van der Waals surface area (Å²) in [5, 5.41) is 5.93. The molecule has 0 aliphatic carbocycles. The van der Waals surface area contributed by atoms with Crippen LogP contribution in [0.25, 0.3) is 0 Å². The van der Waals surface area contributed by atoms with E-state index in [-0.39, 0.29) is 11.9 Å². The maximum absolute atomic E-state index is 12.3. The first-order valence-electron chi connectivity index (χ1n) is 5.97. The third-order valence-electron chi connectivity index (χ3n) is 2.79. The van der Waals surface area contributed by atoms with Crippen LogP contribution in [0.4, 0.5) is 0 Å². The average Bonchev–Trinajstić information content (AvgIpc) is 2.79. The van der Waals surface area contributed by atoms with Gasteiger partial charge in [0, 0.05) is 14.6 Å². The number of hydrogen-bond acceptors (Lipinski definition) is 3. The lowest BCUT2D eigenvalue weighted by Gasteiger charge is -2.13. The highest BCUT2D eigenvalue weighted by Gasteiger charge is 2.16. The molecular formula is C14H15IN2OS. The van der Waals surface area contributed by atoms with Crippen molar-refractivity contribution < 1.29 is 4.79 Å². The molecule has 1 heterocycles. The molecule has 0 spiro atoms. The Balaban J connectivity index is 2.15. The second kappa shape index (κ2) is 6.00. The van der Waals surface area contributed by atoms with Gasteiger partial charge in [0.25, 0.3) is 5.91 Å². The average molecular weight is 386 g/mol. The summed E-state index contributed by atoms with van der Waals surface area (Å²) in [5.74, 6) is -0.0477. The van der Waals surface area contributed by atoms with Crippen molar-refractivity contribution in [1.82, 2.24) is 10.3 Å². The van der Waals surface area contributed by atoms with Crippen LogP contribution < -0.4 is 5.32 Å². The lowest BCUT2D eigenvalue weighted by molar-refractivity contribution is 0.0939. The van der Waals surface area contributed by atoms with Gasteiger partial charge in [-0.05, 0) is 55.0 Å². The van der Waals surface area contributed by atoms with Gasteiger partial charge < -0.3 is 5.32 Å². The number of aryl methyl sites for hydroxylation is 2. The maximum atomic E-state index is 12.3. The smallest absolute Gasteiger partial charge is 0.252 e. The fraction of sp³-hybridized carbons (Fsp3) is 0.286. The molecule has 2 aromatic rings. The first kappa shape index (κ1) is 14.5. The molecule has 1 unspecified atom stereocenters. The highest BCUT2D eigenvalue weighted by molar-refractivity contribution is 14.1. The van der Waals surface area contributed by atoms with Crippen LogP contribution in [0.15, 0.2) is 23.6 Å². The second-order valence-electron chi connectivity index (χ2n) is 4.46. The Labute approximate surface area is 130 Å². The van der Waals surface area contributed by atoms with Crippen molar-refractivity contribution >= 4 is 39.8 Å². The van der Waals surface area contributed by atoms with Crippen molar-refractivity contribution in [1.29, 1.82) is 0 Å². The Morgan fingerprint density at radius 2 is 2.16 bits per heavy atom. The van der Waals surface area contributed by atoms with E-state index in [9.17, 15) is 4.79 Å². The largest absolute Gasteiger partial charge is 0.343 e. The van der Waals surface area contributed by atoms with Gasteiger partial charge in [0.2, 0.25) is 0 Å². The van der Waals surface area contributed by atoms with Gasteiger partial charge in [-0.1, -0.05) is 12.1 Å². The van der Waals surface area contributed by atoms with Gasteiger partial charge in [0.15, 0.2) is 0 Å². The van der Waals surface area contributed by atoms with Gasteiger partial charge in [0.1, 0.15) is 5.01 Å². The molecule has 1 N–H and O–H groups in total. The molecule has 0 bridgehead atoms. The quantitative estimate of drug-likeness (QED) is 0.815. The zero-order chi connectivity index (χ0) is 14.0. The maximum Gasteiger partial charge on any atom is 0.252 e. The SMILES string of the molecule is Cc1csc(C(C)NC(=O)c2cccc(C)c2I)n1. The minimum Gasteiger partial charge on any atom is -0.343 e. The van der Waals surface area contributed by atoms with Crippen LogP contribution in [-0.4, -0.2) is 10.9 Å². The van der Waals surface area contributed by atoms with E-state index in [1.54, 1.807) is 11.3 Å². The summed E-state index contributed by atoms with van der Waals surface area (Å²) in [4.78, 5) is 16.7. The van der Waals surface area contributed by atoms with E-state index in [4.69, 9.17) is 0 Å². The fourth-order valence-electron chi connectivity index (χ4n) is 1.73. The summed E-state index contributed by atoms with van der Waals surface area (Å²) < 4.78 is 1.00. The number of rotatable bonds is 3. The number of aromatic nitrogens is 1. The summed E-state index contributed by atoms with van der Waals surface area (Å²) in [6, 6.07) is 5.70.